The number of rotatable bonds is 6. The zero-order chi connectivity index (χ0) is 30.9. The third-order valence-electron chi connectivity index (χ3n) is 8.73. The number of benzene rings is 6. The van der Waals surface area contributed by atoms with E-state index >= 15 is 0 Å². The Balaban J connectivity index is 1.26. The molecule has 7 aromatic rings. The van der Waals surface area contributed by atoms with Gasteiger partial charge in [-0.1, -0.05) is 146 Å². The lowest BCUT2D eigenvalue weighted by molar-refractivity contribution is 0.589. The Morgan fingerprint density at radius 1 is 0.609 bits per heavy atom. The van der Waals surface area contributed by atoms with Crippen LogP contribution in [0.1, 0.15) is 39.3 Å². The third kappa shape index (κ3) is 4.61. The van der Waals surface area contributed by atoms with Crippen LogP contribution in [0.3, 0.4) is 0 Å². The molecule has 1 aromatic heterocycles. The van der Waals surface area contributed by atoms with E-state index in [4.69, 9.17) is 20.1 Å². The van der Waals surface area contributed by atoms with Crippen LogP contribution < -0.4 is 5.73 Å². The van der Waals surface area contributed by atoms with Gasteiger partial charge in [-0.15, -0.1) is 0 Å². The van der Waals surface area contributed by atoms with Crippen LogP contribution in [0.15, 0.2) is 172 Å². The maximum atomic E-state index is 6.51. The summed E-state index contributed by atoms with van der Waals surface area (Å²) in [6.45, 7) is 0.455. The van der Waals surface area contributed by atoms with Crippen LogP contribution in [0.5, 0.6) is 0 Å². The van der Waals surface area contributed by atoms with Gasteiger partial charge in [0.25, 0.3) is 5.89 Å². The molecular weight excluding hydrogens is 564 g/mol. The maximum Gasteiger partial charge on any atom is 0.263 e. The van der Waals surface area contributed by atoms with Gasteiger partial charge in [-0.05, 0) is 51.1 Å². The summed E-state index contributed by atoms with van der Waals surface area (Å²) in [5.41, 5.74) is 16.8. The second-order valence-corrected chi connectivity index (χ2v) is 11.4. The minimum atomic E-state index is -0.477. The van der Waals surface area contributed by atoms with E-state index in [0.717, 1.165) is 22.2 Å². The van der Waals surface area contributed by atoms with Gasteiger partial charge in [0, 0.05) is 5.56 Å². The molecule has 0 fully saturated rings. The van der Waals surface area contributed by atoms with Crippen molar-refractivity contribution in [2.24, 2.45) is 15.7 Å². The average molecular weight is 595 g/mol. The molecule has 8 rings (SSSR count). The number of aromatic nitrogens is 1. The number of hydrogen-bond acceptors (Lipinski definition) is 3. The first kappa shape index (κ1) is 27.5. The molecule has 0 aliphatic heterocycles. The first-order chi connectivity index (χ1) is 22.7. The smallest absolute Gasteiger partial charge is 0.263 e. The number of aliphatic imine (C=N–C) groups is 2. The number of nitrogens with two attached hydrogens (primary N) is 1. The molecule has 1 aliphatic carbocycles. The molecule has 0 unspecified atom stereocenters. The van der Waals surface area contributed by atoms with Crippen molar-refractivity contribution in [1.82, 2.24) is 4.98 Å². The molecule has 5 heteroatoms. The SMILES string of the molecule is NC(=NC(=NCc1ccccc1)c1ccc(C2(c3ccccc3)c3ccccc3-c3ccccc32)cc1)c1nc2ccccc2o1. The molecule has 0 amide bonds. The summed E-state index contributed by atoms with van der Waals surface area (Å²) in [6, 6.07) is 54.5. The number of hydrogen-bond donors (Lipinski definition) is 1. The zero-order valence-electron chi connectivity index (χ0n) is 25.0. The minimum absolute atomic E-state index is 0.173. The van der Waals surface area contributed by atoms with Crippen LogP contribution in [-0.2, 0) is 12.0 Å². The van der Waals surface area contributed by atoms with Crippen LogP contribution in [0.25, 0.3) is 22.2 Å². The molecule has 0 radical (unpaired) electrons. The highest BCUT2D eigenvalue weighted by atomic mass is 16.3. The van der Waals surface area contributed by atoms with Crippen molar-refractivity contribution in [2.75, 3.05) is 0 Å². The van der Waals surface area contributed by atoms with Crippen molar-refractivity contribution in [2.45, 2.75) is 12.0 Å². The average Bonchev–Trinajstić information content (AvgIpc) is 3.69. The van der Waals surface area contributed by atoms with E-state index in [1.54, 1.807) is 0 Å². The fourth-order valence-corrected chi connectivity index (χ4v) is 6.67. The normalized spacial score (nSPS) is 13.8. The Morgan fingerprint density at radius 3 is 1.85 bits per heavy atom. The van der Waals surface area contributed by atoms with Gasteiger partial charge in [0.15, 0.2) is 17.3 Å². The molecule has 220 valence electrons. The van der Waals surface area contributed by atoms with Crippen molar-refractivity contribution < 1.29 is 4.42 Å². The predicted octanol–water partition coefficient (Wildman–Crippen LogP) is 8.54. The van der Waals surface area contributed by atoms with E-state index < -0.39 is 5.41 Å². The molecule has 1 heterocycles. The van der Waals surface area contributed by atoms with E-state index in [1.807, 2.05) is 42.5 Å². The van der Waals surface area contributed by atoms with Gasteiger partial charge in [-0.25, -0.2) is 9.98 Å². The van der Waals surface area contributed by atoms with Crippen LogP contribution in [0, 0.1) is 0 Å². The topological polar surface area (TPSA) is 76.8 Å². The lowest BCUT2D eigenvalue weighted by Gasteiger charge is -2.34. The summed E-state index contributed by atoms with van der Waals surface area (Å²) in [6.07, 6.45) is 0. The summed E-state index contributed by atoms with van der Waals surface area (Å²) >= 11 is 0. The number of amidine groups is 2. The Hall–Kier alpha value is -6.07. The number of fused-ring (bicyclic) bond motifs is 4. The van der Waals surface area contributed by atoms with E-state index in [2.05, 4.69) is 120 Å². The molecule has 46 heavy (non-hydrogen) atoms. The van der Waals surface area contributed by atoms with Crippen LogP contribution >= 0.6 is 0 Å². The number of para-hydroxylation sites is 2. The lowest BCUT2D eigenvalue weighted by Crippen LogP contribution is -2.28. The van der Waals surface area contributed by atoms with Crippen molar-refractivity contribution in [3.8, 4) is 11.1 Å². The molecule has 0 saturated heterocycles. The van der Waals surface area contributed by atoms with E-state index in [9.17, 15) is 0 Å². The van der Waals surface area contributed by atoms with Crippen LogP contribution in [0.4, 0.5) is 0 Å². The van der Waals surface area contributed by atoms with Gasteiger partial charge in [0.1, 0.15) is 5.52 Å². The monoisotopic (exact) mass is 594 g/mol. The zero-order valence-corrected chi connectivity index (χ0v) is 25.0. The standard InChI is InChI=1S/C41H30N4O/c42-38(40-44-36-21-11-12-22-37(36)46-40)45-39(43-27-28-13-3-1-4-14-28)29-23-25-31(26-24-29)41(30-15-5-2-6-16-30)34-19-9-7-17-32(34)33-18-8-10-20-35(33)41/h1-26H,27H2,(H2,42,43,45). The molecule has 6 aromatic carbocycles. The number of nitrogens with zero attached hydrogens (tertiary/aromatic N) is 3. The summed E-state index contributed by atoms with van der Waals surface area (Å²) in [5, 5.41) is 0. The van der Waals surface area contributed by atoms with Crippen LogP contribution in [0.2, 0.25) is 0 Å². The molecule has 0 saturated carbocycles. The molecule has 0 atom stereocenters. The van der Waals surface area contributed by atoms with E-state index in [0.29, 0.717) is 18.0 Å². The Kier molecular flexibility index (Phi) is 6.84. The van der Waals surface area contributed by atoms with E-state index in [1.165, 1.54) is 27.8 Å². The second kappa shape index (κ2) is 11.5. The molecule has 0 bridgehead atoms. The lowest BCUT2D eigenvalue weighted by atomic mass is 9.67. The Labute approximate surface area is 267 Å². The summed E-state index contributed by atoms with van der Waals surface area (Å²) < 4.78 is 5.92. The summed E-state index contributed by atoms with van der Waals surface area (Å²) in [5.74, 6) is 0.954. The highest BCUT2D eigenvalue weighted by Crippen LogP contribution is 2.55. The van der Waals surface area contributed by atoms with Gasteiger partial charge < -0.3 is 10.2 Å². The largest absolute Gasteiger partial charge is 0.434 e. The molecule has 2 N–H and O–H groups in total. The minimum Gasteiger partial charge on any atom is -0.434 e. The highest BCUT2D eigenvalue weighted by molar-refractivity contribution is 6.10. The predicted molar refractivity (Wildman–Crippen MR) is 185 cm³/mol. The molecular formula is C41H30N4O. The van der Waals surface area contributed by atoms with Gasteiger partial charge in [-0.3, -0.25) is 4.99 Å². The van der Waals surface area contributed by atoms with Crippen molar-refractivity contribution >= 4 is 22.8 Å². The Bertz CT molecular complexity index is 2150. The van der Waals surface area contributed by atoms with Crippen LogP contribution in [-0.4, -0.2) is 16.7 Å². The van der Waals surface area contributed by atoms with Gasteiger partial charge >= 0.3 is 0 Å². The van der Waals surface area contributed by atoms with Crippen molar-refractivity contribution in [3.63, 3.8) is 0 Å². The Morgan fingerprint density at radius 2 is 1.17 bits per heavy atom. The first-order valence-electron chi connectivity index (χ1n) is 15.4. The molecule has 5 nitrogen and oxygen atoms in total. The first-order valence-corrected chi connectivity index (χ1v) is 15.4. The summed E-state index contributed by atoms with van der Waals surface area (Å²) in [7, 11) is 0. The summed E-state index contributed by atoms with van der Waals surface area (Å²) in [4.78, 5) is 14.3. The molecule has 1 aliphatic rings. The third-order valence-corrected chi connectivity index (χ3v) is 8.73. The van der Waals surface area contributed by atoms with Crippen molar-refractivity contribution in [3.05, 3.63) is 197 Å². The molecule has 0 spiro atoms. The van der Waals surface area contributed by atoms with Gasteiger partial charge in [0.05, 0.1) is 12.0 Å². The highest BCUT2D eigenvalue weighted by Gasteiger charge is 2.45. The van der Waals surface area contributed by atoms with Crippen molar-refractivity contribution in [1.29, 1.82) is 0 Å². The quantitative estimate of drug-likeness (QED) is 0.155. The van der Waals surface area contributed by atoms with E-state index in [-0.39, 0.29) is 11.7 Å². The fraction of sp³-hybridized carbons (Fsp3) is 0.0488. The maximum absolute atomic E-state index is 6.51. The second-order valence-electron chi connectivity index (χ2n) is 11.4. The fourth-order valence-electron chi connectivity index (χ4n) is 6.67. The van der Waals surface area contributed by atoms with Gasteiger partial charge in [-0.2, -0.15) is 0 Å². The van der Waals surface area contributed by atoms with Gasteiger partial charge in [0.2, 0.25) is 0 Å². The number of oxazole rings is 1.